The second kappa shape index (κ2) is 5.02. The molecule has 3 rings (SSSR count). The van der Waals surface area contributed by atoms with Crippen LogP contribution >= 0.6 is 11.8 Å². The van der Waals surface area contributed by atoms with Crippen molar-refractivity contribution in [1.29, 1.82) is 0 Å². The van der Waals surface area contributed by atoms with E-state index >= 15 is 0 Å². The lowest BCUT2D eigenvalue weighted by Crippen LogP contribution is -2.05. The fraction of sp³-hybridized carbons (Fsp3) is 0.667. The van der Waals surface area contributed by atoms with Gasteiger partial charge in [-0.2, -0.15) is 4.98 Å². The van der Waals surface area contributed by atoms with E-state index in [-0.39, 0.29) is 6.61 Å². The highest BCUT2D eigenvalue weighted by Gasteiger charge is 2.29. The van der Waals surface area contributed by atoms with Crippen LogP contribution in [0.4, 0.5) is 0 Å². The van der Waals surface area contributed by atoms with Gasteiger partial charge in [-0.05, 0) is 23.3 Å². The molecular formula is C9H12N6O2S. The SMILES string of the molecule is OCCn1nnnc1SCc1noc(C2CC2)n1. The maximum absolute atomic E-state index is 8.85. The molecule has 0 unspecified atom stereocenters. The molecule has 1 fully saturated rings. The van der Waals surface area contributed by atoms with Gasteiger partial charge in [0, 0.05) is 5.92 Å². The number of hydrogen-bond donors (Lipinski definition) is 1. The Bertz CT molecular complexity index is 523. The highest BCUT2D eigenvalue weighted by molar-refractivity contribution is 7.98. The van der Waals surface area contributed by atoms with Gasteiger partial charge in [-0.25, -0.2) is 4.68 Å². The third-order valence-electron chi connectivity index (χ3n) is 2.55. The van der Waals surface area contributed by atoms with Crippen LogP contribution in [0.1, 0.15) is 30.5 Å². The third-order valence-corrected chi connectivity index (χ3v) is 3.50. The first-order chi connectivity index (χ1) is 8.86. The Morgan fingerprint density at radius 2 is 2.33 bits per heavy atom. The first kappa shape index (κ1) is 11.6. The van der Waals surface area contributed by atoms with Crippen LogP contribution in [0, 0.1) is 0 Å². The van der Waals surface area contributed by atoms with Crippen molar-refractivity contribution in [3.8, 4) is 0 Å². The lowest BCUT2D eigenvalue weighted by Gasteiger charge is -1.99. The number of rotatable bonds is 6. The van der Waals surface area contributed by atoms with E-state index in [9.17, 15) is 0 Å². The predicted molar refractivity (Wildman–Crippen MR) is 60.7 cm³/mol. The summed E-state index contributed by atoms with van der Waals surface area (Å²) in [7, 11) is 0. The van der Waals surface area contributed by atoms with Crippen LogP contribution in [0.15, 0.2) is 9.68 Å². The molecule has 1 N–H and O–H groups in total. The van der Waals surface area contributed by atoms with E-state index in [0.717, 1.165) is 18.7 Å². The second-order valence-electron chi connectivity index (χ2n) is 4.02. The molecule has 0 aliphatic heterocycles. The van der Waals surface area contributed by atoms with Gasteiger partial charge in [0.25, 0.3) is 0 Å². The molecule has 0 amide bonds. The molecule has 0 spiro atoms. The van der Waals surface area contributed by atoms with Gasteiger partial charge in [0.2, 0.25) is 11.0 Å². The number of nitrogens with zero attached hydrogens (tertiary/aromatic N) is 6. The van der Waals surface area contributed by atoms with Gasteiger partial charge >= 0.3 is 0 Å². The molecule has 1 saturated carbocycles. The molecule has 2 aromatic heterocycles. The monoisotopic (exact) mass is 268 g/mol. The summed E-state index contributed by atoms with van der Waals surface area (Å²) >= 11 is 1.42. The topological polar surface area (TPSA) is 103 Å². The van der Waals surface area contributed by atoms with Crippen molar-refractivity contribution < 1.29 is 9.63 Å². The van der Waals surface area contributed by atoms with E-state index in [4.69, 9.17) is 9.63 Å². The van der Waals surface area contributed by atoms with Crippen LogP contribution in [0.25, 0.3) is 0 Å². The molecule has 0 atom stereocenters. The van der Waals surface area contributed by atoms with E-state index in [1.54, 1.807) is 4.68 Å². The summed E-state index contributed by atoms with van der Waals surface area (Å²) in [4.78, 5) is 4.32. The Hall–Kier alpha value is -1.48. The largest absolute Gasteiger partial charge is 0.394 e. The van der Waals surface area contributed by atoms with E-state index < -0.39 is 0 Å². The Morgan fingerprint density at radius 3 is 3.11 bits per heavy atom. The van der Waals surface area contributed by atoms with Crippen molar-refractivity contribution in [1.82, 2.24) is 30.3 Å². The number of aliphatic hydroxyl groups excluding tert-OH is 1. The molecule has 18 heavy (non-hydrogen) atoms. The molecular weight excluding hydrogens is 256 g/mol. The van der Waals surface area contributed by atoms with Crippen molar-refractivity contribution in [2.24, 2.45) is 0 Å². The lowest BCUT2D eigenvalue weighted by molar-refractivity contribution is 0.262. The normalized spacial score (nSPS) is 15.2. The summed E-state index contributed by atoms with van der Waals surface area (Å²) in [5, 5.41) is 24.6. The highest BCUT2D eigenvalue weighted by Crippen LogP contribution is 2.39. The molecule has 0 radical (unpaired) electrons. The molecule has 96 valence electrons. The summed E-state index contributed by atoms with van der Waals surface area (Å²) in [6, 6.07) is 0. The quantitative estimate of drug-likeness (QED) is 0.742. The van der Waals surface area contributed by atoms with Crippen molar-refractivity contribution in [3.05, 3.63) is 11.7 Å². The summed E-state index contributed by atoms with van der Waals surface area (Å²) in [6.45, 7) is 0.390. The van der Waals surface area contributed by atoms with Crippen molar-refractivity contribution in [2.45, 2.75) is 36.2 Å². The van der Waals surface area contributed by atoms with Crippen LogP contribution in [-0.4, -0.2) is 42.1 Å². The summed E-state index contributed by atoms with van der Waals surface area (Å²) in [6.07, 6.45) is 2.28. The number of tetrazole rings is 1. The van der Waals surface area contributed by atoms with Crippen LogP contribution in [0.3, 0.4) is 0 Å². The fourth-order valence-electron chi connectivity index (χ4n) is 1.49. The molecule has 8 nitrogen and oxygen atoms in total. The Balaban J connectivity index is 1.60. The van der Waals surface area contributed by atoms with E-state index in [2.05, 4.69) is 25.7 Å². The number of aromatic nitrogens is 6. The second-order valence-corrected chi connectivity index (χ2v) is 4.96. The van der Waals surface area contributed by atoms with E-state index in [1.807, 2.05) is 0 Å². The highest BCUT2D eigenvalue weighted by atomic mass is 32.2. The molecule has 1 aliphatic rings. The van der Waals surface area contributed by atoms with Crippen molar-refractivity contribution in [3.63, 3.8) is 0 Å². The van der Waals surface area contributed by atoms with Gasteiger partial charge in [0.15, 0.2) is 5.82 Å². The first-order valence-electron chi connectivity index (χ1n) is 5.69. The zero-order valence-corrected chi connectivity index (χ0v) is 10.4. The molecule has 0 aromatic carbocycles. The van der Waals surface area contributed by atoms with E-state index in [1.165, 1.54) is 11.8 Å². The van der Waals surface area contributed by atoms with Gasteiger partial charge in [0.1, 0.15) is 0 Å². The van der Waals surface area contributed by atoms with E-state index in [0.29, 0.717) is 29.2 Å². The molecule has 2 aromatic rings. The minimum atomic E-state index is 0.00659. The predicted octanol–water partition coefficient (Wildman–Crippen LogP) is 0.218. The molecule has 0 bridgehead atoms. The maximum atomic E-state index is 8.85. The zero-order chi connectivity index (χ0) is 12.4. The number of aliphatic hydroxyl groups is 1. The van der Waals surface area contributed by atoms with Crippen LogP contribution in [-0.2, 0) is 12.3 Å². The standard InChI is InChI=1S/C9H12N6O2S/c16-4-3-15-9(11-13-14-15)18-5-7-10-8(17-12-7)6-1-2-6/h6,16H,1-5H2. The average Bonchev–Trinajstić information content (AvgIpc) is 2.96. The first-order valence-corrected chi connectivity index (χ1v) is 6.67. The smallest absolute Gasteiger partial charge is 0.229 e. The third kappa shape index (κ3) is 2.51. The minimum absolute atomic E-state index is 0.00659. The lowest BCUT2D eigenvalue weighted by atomic mass is 10.4. The summed E-state index contributed by atoms with van der Waals surface area (Å²) in [5.74, 6) is 2.42. The van der Waals surface area contributed by atoms with Gasteiger partial charge in [-0.1, -0.05) is 16.9 Å². The molecule has 2 heterocycles. The molecule has 0 saturated heterocycles. The molecule has 9 heteroatoms. The fourth-order valence-corrected chi connectivity index (χ4v) is 2.23. The zero-order valence-electron chi connectivity index (χ0n) is 9.56. The van der Waals surface area contributed by atoms with Gasteiger partial charge in [-0.3, -0.25) is 0 Å². The van der Waals surface area contributed by atoms with Crippen molar-refractivity contribution in [2.75, 3.05) is 6.61 Å². The van der Waals surface area contributed by atoms with Crippen LogP contribution in [0.2, 0.25) is 0 Å². The Labute approximate surface area is 107 Å². The van der Waals surface area contributed by atoms with Crippen LogP contribution < -0.4 is 0 Å². The van der Waals surface area contributed by atoms with Crippen molar-refractivity contribution >= 4 is 11.8 Å². The summed E-state index contributed by atoms with van der Waals surface area (Å²) < 4.78 is 6.71. The molecule has 1 aliphatic carbocycles. The Kier molecular flexibility index (Phi) is 3.24. The van der Waals surface area contributed by atoms with Gasteiger partial charge in [0.05, 0.1) is 18.9 Å². The van der Waals surface area contributed by atoms with Gasteiger partial charge in [-0.15, -0.1) is 5.10 Å². The summed E-state index contributed by atoms with van der Waals surface area (Å²) in [5.41, 5.74) is 0. The Morgan fingerprint density at radius 1 is 1.44 bits per heavy atom. The number of thioether (sulfide) groups is 1. The maximum Gasteiger partial charge on any atom is 0.229 e. The minimum Gasteiger partial charge on any atom is -0.394 e. The average molecular weight is 268 g/mol. The van der Waals surface area contributed by atoms with Gasteiger partial charge < -0.3 is 9.63 Å². The number of hydrogen-bond acceptors (Lipinski definition) is 8. The van der Waals surface area contributed by atoms with Crippen LogP contribution in [0.5, 0.6) is 0 Å².